The Morgan fingerprint density at radius 1 is 1.88 bits per heavy atom. The van der Waals surface area contributed by atoms with Gasteiger partial charge in [0.25, 0.3) is 0 Å². The summed E-state index contributed by atoms with van der Waals surface area (Å²) in [6, 6.07) is 0. The molecule has 0 bridgehead atoms. The number of carboxylic acid groups (broad SMARTS) is 1. The van der Waals surface area contributed by atoms with Gasteiger partial charge in [-0.25, -0.2) is 4.79 Å². The summed E-state index contributed by atoms with van der Waals surface area (Å²) in [6.45, 7) is 1.44. The van der Waals surface area contributed by atoms with Gasteiger partial charge in [-0.2, -0.15) is 0 Å². The Balaban J connectivity index is 0. The zero-order valence-electron chi connectivity index (χ0n) is 4.22. The molecular formula is C3H7CuNO3. The van der Waals surface area contributed by atoms with E-state index in [4.69, 9.17) is 10.8 Å². The van der Waals surface area contributed by atoms with Crippen molar-refractivity contribution in [3.63, 3.8) is 0 Å². The largest absolute Gasteiger partial charge is 0.507 e. The fraction of sp³-hybridized carbons (Fsp3) is 0.667. The van der Waals surface area contributed by atoms with Crippen LogP contribution >= 0.6 is 0 Å². The van der Waals surface area contributed by atoms with E-state index in [1.54, 1.807) is 0 Å². The van der Waals surface area contributed by atoms with Gasteiger partial charge in [0.05, 0.1) is 0 Å². The van der Waals surface area contributed by atoms with Crippen molar-refractivity contribution in [3.8, 4) is 0 Å². The van der Waals surface area contributed by atoms with Crippen LogP contribution < -0.4 is 5.73 Å². The minimum atomic E-state index is -1.34. The molecule has 4 nitrogen and oxygen atoms in total. The first-order valence-electron chi connectivity index (χ1n) is 1.78. The number of hydrogen-bond donors (Lipinski definition) is 2. The summed E-state index contributed by atoms with van der Waals surface area (Å²) in [5, 5.41) is 7.78. The number of hydrogen-bond acceptors (Lipinski definition) is 3. The van der Waals surface area contributed by atoms with Crippen LogP contribution in [0.25, 0.3) is 0 Å². The molecule has 5 heteroatoms. The third kappa shape index (κ3) is 9.23. The van der Waals surface area contributed by atoms with Crippen molar-refractivity contribution in [2.24, 2.45) is 5.73 Å². The maximum atomic E-state index is 9.51. The van der Waals surface area contributed by atoms with Crippen LogP contribution in [0.2, 0.25) is 0 Å². The second-order valence-corrected chi connectivity index (χ2v) is 1.09. The summed E-state index contributed by atoms with van der Waals surface area (Å²) in [4.78, 5) is 9.51. The summed E-state index contributed by atoms with van der Waals surface area (Å²) in [7, 11) is 0. The molecule has 3 N–H and O–H groups in total. The number of carbonyl (C=O) groups is 1. The Labute approximate surface area is 57.5 Å². The molecule has 0 fully saturated rings. The molecule has 0 saturated heterocycles. The minimum absolute atomic E-state index is 0. The summed E-state index contributed by atoms with van der Waals surface area (Å²) in [5.41, 5.74) is 4.89. The van der Waals surface area contributed by atoms with Crippen LogP contribution in [0, 0.1) is 0 Å². The van der Waals surface area contributed by atoms with Crippen molar-refractivity contribution in [3.05, 3.63) is 0 Å². The van der Waals surface area contributed by atoms with E-state index >= 15 is 0 Å². The van der Waals surface area contributed by atoms with Crippen LogP contribution in [-0.2, 0) is 21.8 Å². The average Bonchev–Trinajstić information content (AvgIpc) is 1.27. The molecule has 1 radical (unpaired) electrons. The van der Waals surface area contributed by atoms with Crippen molar-refractivity contribution in [2.75, 3.05) is 0 Å². The van der Waals surface area contributed by atoms with Crippen LogP contribution in [0.4, 0.5) is 4.79 Å². The van der Waals surface area contributed by atoms with Crippen molar-refractivity contribution in [1.29, 1.82) is 0 Å². The van der Waals surface area contributed by atoms with Gasteiger partial charge in [0.15, 0.2) is 6.23 Å². The van der Waals surface area contributed by atoms with E-state index in [-0.39, 0.29) is 17.1 Å². The van der Waals surface area contributed by atoms with Crippen molar-refractivity contribution in [1.82, 2.24) is 0 Å². The van der Waals surface area contributed by atoms with Gasteiger partial charge in [-0.1, -0.05) is 0 Å². The average molecular weight is 169 g/mol. The summed E-state index contributed by atoms with van der Waals surface area (Å²) in [5.74, 6) is 0. The summed E-state index contributed by atoms with van der Waals surface area (Å²) >= 11 is 0. The van der Waals surface area contributed by atoms with E-state index in [0.717, 1.165) is 0 Å². The number of ether oxygens (including phenoxy) is 1. The van der Waals surface area contributed by atoms with Gasteiger partial charge in [-0.3, -0.25) is 5.73 Å². The number of nitrogens with two attached hydrogens (primary N) is 1. The molecule has 0 aliphatic carbocycles. The topological polar surface area (TPSA) is 72.5 Å². The van der Waals surface area contributed by atoms with E-state index in [2.05, 4.69) is 4.74 Å². The molecule has 0 heterocycles. The smallest absolute Gasteiger partial charge is 0.450 e. The van der Waals surface area contributed by atoms with E-state index < -0.39 is 12.4 Å². The molecule has 0 aromatic rings. The normalized spacial score (nSPS) is 11.2. The second-order valence-electron chi connectivity index (χ2n) is 1.09. The zero-order valence-corrected chi connectivity index (χ0v) is 5.16. The number of rotatable bonds is 1. The Morgan fingerprint density at radius 2 is 2.25 bits per heavy atom. The molecule has 0 aliphatic rings. The first kappa shape index (κ1) is 10.7. The fourth-order valence-electron chi connectivity index (χ4n) is 0.159. The molecule has 0 spiro atoms. The molecule has 0 saturated carbocycles. The van der Waals surface area contributed by atoms with Gasteiger partial charge < -0.3 is 9.84 Å². The monoisotopic (exact) mass is 168 g/mol. The van der Waals surface area contributed by atoms with Gasteiger partial charge in [0.1, 0.15) is 0 Å². The molecule has 53 valence electrons. The van der Waals surface area contributed by atoms with E-state index in [9.17, 15) is 4.79 Å². The van der Waals surface area contributed by atoms with Crippen molar-refractivity contribution >= 4 is 6.16 Å². The van der Waals surface area contributed by atoms with Gasteiger partial charge in [-0.05, 0) is 6.92 Å². The quantitative estimate of drug-likeness (QED) is 0.328. The molecular weight excluding hydrogens is 162 g/mol. The van der Waals surface area contributed by atoms with Gasteiger partial charge in [-0.15, -0.1) is 0 Å². The summed E-state index contributed by atoms with van der Waals surface area (Å²) < 4.78 is 3.94. The third-order valence-electron chi connectivity index (χ3n) is 0.287. The van der Waals surface area contributed by atoms with Gasteiger partial charge in [0, 0.05) is 17.1 Å². The first-order chi connectivity index (χ1) is 3.13. The van der Waals surface area contributed by atoms with Crippen LogP contribution in [0.3, 0.4) is 0 Å². The molecule has 0 aliphatic heterocycles. The third-order valence-corrected chi connectivity index (χ3v) is 0.287. The van der Waals surface area contributed by atoms with Crippen molar-refractivity contribution < 1.29 is 31.7 Å². The molecule has 0 rings (SSSR count). The Bertz CT molecular complexity index is 74.9. The fourth-order valence-corrected chi connectivity index (χ4v) is 0.159. The van der Waals surface area contributed by atoms with Crippen LogP contribution in [0.15, 0.2) is 0 Å². The van der Waals surface area contributed by atoms with Gasteiger partial charge in [0.2, 0.25) is 0 Å². The molecule has 0 aromatic carbocycles. The molecule has 1 atom stereocenters. The van der Waals surface area contributed by atoms with Crippen molar-refractivity contribution in [2.45, 2.75) is 13.2 Å². The molecule has 8 heavy (non-hydrogen) atoms. The van der Waals surface area contributed by atoms with Gasteiger partial charge >= 0.3 is 6.16 Å². The Hall–Kier alpha value is -0.251. The predicted octanol–water partition coefficient (Wildman–Crippen LogP) is -0.0168. The summed E-state index contributed by atoms with van der Waals surface area (Å²) in [6.07, 6.45) is -2.06. The Morgan fingerprint density at radius 3 is 2.25 bits per heavy atom. The van der Waals surface area contributed by atoms with E-state index in [1.807, 2.05) is 0 Å². The van der Waals surface area contributed by atoms with Crippen LogP contribution in [0.1, 0.15) is 6.92 Å². The molecule has 1 unspecified atom stereocenters. The molecule has 0 aromatic heterocycles. The SMILES string of the molecule is CC(N)OC(=O)O.[Cu]. The first-order valence-corrected chi connectivity index (χ1v) is 1.78. The zero-order chi connectivity index (χ0) is 5.86. The second kappa shape index (κ2) is 4.90. The maximum Gasteiger partial charge on any atom is 0.507 e. The van der Waals surface area contributed by atoms with Crippen LogP contribution in [-0.4, -0.2) is 17.5 Å². The van der Waals surface area contributed by atoms with Crippen LogP contribution in [0.5, 0.6) is 0 Å². The van der Waals surface area contributed by atoms with E-state index in [0.29, 0.717) is 0 Å². The van der Waals surface area contributed by atoms with E-state index in [1.165, 1.54) is 6.92 Å². The minimum Gasteiger partial charge on any atom is -0.450 e. The predicted molar refractivity (Wildman–Crippen MR) is 22.8 cm³/mol. The molecule has 0 amide bonds. The maximum absolute atomic E-state index is 9.51. The standard InChI is InChI=1S/C3H7NO3.Cu/c1-2(4)7-3(5)6;/h2H,4H2,1H3,(H,5,6);. The Kier molecular flexibility index (Phi) is 6.54.